The van der Waals surface area contributed by atoms with Gasteiger partial charge in [-0.05, 0) is 47.5 Å². The fourth-order valence-corrected chi connectivity index (χ4v) is 3.84. The number of aromatic amines is 1. The molecule has 0 radical (unpaired) electrons. The molecular formula is C23H16N4O2S. The fraction of sp³-hybridized carbons (Fsp3) is 0. The number of rotatable bonds is 4. The van der Waals surface area contributed by atoms with Gasteiger partial charge in [0.15, 0.2) is 0 Å². The summed E-state index contributed by atoms with van der Waals surface area (Å²) in [4.78, 5) is 24.2. The Morgan fingerprint density at radius 1 is 1.03 bits per heavy atom. The van der Waals surface area contributed by atoms with Gasteiger partial charge in [-0.1, -0.05) is 18.2 Å². The van der Waals surface area contributed by atoms with E-state index in [2.05, 4.69) is 32.9 Å². The molecule has 5 rings (SSSR count). The van der Waals surface area contributed by atoms with Crippen LogP contribution in [0.5, 0.6) is 0 Å². The van der Waals surface area contributed by atoms with E-state index in [0.717, 1.165) is 33.1 Å². The van der Waals surface area contributed by atoms with Crippen LogP contribution in [0, 0.1) is 0 Å². The van der Waals surface area contributed by atoms with Crippen LogP contribution in [0.3, 0.4) is 0 Å². The molecule has 3 heterocycles. The van der Waals surface area contributed by atoms with Crippen molar-refractivity contribution >= 4 is 51.9 Å². The van der Waals surface area contributed by atoms with E-state index in [0.29, 0.717) is 16.3 Å². The number of para-hydroxylation sites is 1. The molecule has 0 bridgehead atoms. The zero-order valence-corrected chi connectivity index (χ0v) is 16.5. The molecule has 2 aromatic carbocycles. The molecular weight excluding hydrogens is 396 g/mol. The number of anilines is 2. The van der Waals surface area contributed by atoms with Crippen LogP contribution in [0.1, 0.15) is 10.4 Å². The molecule has 0 aliphatic rings. The molecule has 0 saturated heterocycles. The van der Waals surface area contributed by atoms with E-state index < -0.39 is 5.97 Å². The minimum absolute atomic E-state index is 0.189. The summed E-state index contributed by atoms with van der Waals surface area (Å²) in [5, 5.41) is 14.7. The molecule has 3 N–H and O–H groups in total. The van der Waals surface area contributed by atoms with Gasteiger partial charge in [-0.2, -0.15) is 0 Å². The average molecular weight is 412 g/mol. The van der Waals surface area contributed by atoms with Crippen molar-refractivity contribution in [2.45, 2.75) is 4.90 Å². The number of hydrogen-bond donors (Lipinski definition) is 4. The van der Waals surface area contributed by atoms with Crippen molar-refractivity contribution < 1.29 is 9.90 Å². The predicted octanol–water partition coefficient (Wildman–Crippen LogP) is 5.51. The Labute approximate surface area is 177 Å². The summed E-state index contributed by atoms with van der Waals surface area (Å²) >= 11 is 4.57. The minimum Gasteiger partial charge on any atom is -0.478 e. The van der Waals surface area contributed by atoms with Crippen molar-refractivity contribution in [1.82, 2.24) is 15.0 Å². The van der Waals surface area contributed by atoms with Gasteiger partial charge in [0.05, 0.1) is 22.5 Å². The maximum atomic E-state index is 11.6. The number of aromatic nitrogens is 3. The number of carboxylic acids is 1. The van der Waals surface area contributed by atoms with Crippen LogP contribution >= 0.6 is 12.6 Å². The first kappa shape index (κ1) is 18.2. The fourth-order valence-electron chi connectivity index (χ4n) is 3.61. The molecule has 0 atom stereocenters. The highest BCUT2D eigenvalue weighted by Gasteiger charge is 2.14. The van der Waals surface area contributed by atoms with Gasteiger partial charge in [-0.25, -0.2) is 9.78 Å². The van der Waals surface area contributed by atoms with Crippen molar-refractivity contribution in [3.8, 4) is 11.1 Å². The maximum Gasteiger partial charge on any atom is 0.337 e. The largest absolute Gasteiger partial charge is 0.478 e. The standard InChI is InChI=1S/C23H16N4O2S/c28-23(29)16-3-1-2-4-19(16)27-21-17-11-13(5-6-18(17)26-12-20(21)30)14-7-9-24-22-15(14)8-10-25-22/h1-12,30H,(H,24,25)(H,26,27)(H,28,29). The van der Waals surface area contributed by atoms with Gasteiger partial charge in [0.1, 0.15) is 5.65 Å². The van der Waals surface area contributed by atoms with Crippen LogP contribution in [0.25, 0.3) is 33.1 Å². The average Bonchev–Trinajstić information content (AvgIpc) is 3.24. The maximum absolute atomic E-state index is 11.6. The van der Waals surface area contributed by atoms with Crippen LogP contribution < -0.4 is 5.32 Å². The zero-order valence-electron chi connectivity index (χ0n) is 15.6. The number of aromatic carboxylic acids is 1. The number of thiol groups is 1. The third kappa shape index (κ3) is 3.05. The Balaban J connectivity index is 1.69. The second kappa shape index (κ2) is 7.20. The molecule has 6 nitrogen and oxygen atoms in total. The molecule has 146 valence electrons. The highest BCUT2D eigenvalue weighted by Crippen LogP contribution is 2.36. The molecule has 0 fully saturated rings. The van der Waals surface area contributed by atoms with Gasteiger partial charge in [-0.15, -0.1) is 12.6 Å². The predicted molar refractivity (Wildman–Crippen MR) is 121 cm³/mol. The number of fused-ring (bicyclic) bond motifs is 2. The van der Waals surface area contributed by atoms with E-state index in [9.17, 15) is 9.90 Å². The van der Waals surface area contributed by atoms with E-state index in [1.807, 2.05) is 36.5 Å². The Morgan fingerprint density at radius 2 is 1.90 bits per heavy atom. The highest BCUT2D eigenvalue weighted by molar-refractivity contribution is 7.80. The van der Waals surface area contributed by atoms with E-state index >= 15 is 0 Å². The SMILES string of the molecule is O=C(O)c1ccccc1Nc1c(S)cnc2ccc(-c3ccnc4[nH]ccc34)cc12. The highest BCUT2D eigenvalue weighted by atomic mass is 32.1. The summed E-state index contributed by atoms with van der Waals surface area (Å²) in [7, 11) is 0. The van der Waals surface area contributed by atoms with Crippen molar-refractivity contribution in [2.24, 2.45) is 0 Å². The lowest BCUT2D eigenvalue weighted by atomic mass is 10.0. The molecule has 0 saturated carbocycles. The second-order valence-corrected chi connectivity index (χ2v) is 7.31. The first-order valence-electron chi connectivity index (χ1n) is 9.25. The van der Waals surface area contributed by atoms with Crippen molar-refractivity contribution in [1.29, 1.82) is 0 Å². The smallest absolute Gasteiger partial charge is 0.337 e. The van der Waals surface area contributed by atoms with E-state index in [1.165, 1.54) is 0 Å². The van der Waals surface area contributed by atoms with Gasteiger partial charge in [0, 0.05) is 34.3 Å². The Kier molecular flexibility index (Phi) is 4.37. The van der Waals surface area contributed by atoms with Crippen LogP contribution in [0.2, 0.25) is 0 Å². The van der Waals surface area contributed by atoms with Crippen molar-refractivity contribution in [3.63, 3.8) is 0 Å². The number of nitrogens with zero attached hydrogens (tertiary/aromatic N) is 2. The molecule has 30 heavy (non-hydrogen) atoms. The summed E-state index contributed by atoms with van der Waals surface area (Å²) in [6, 6.07) is 16.8. The minimum atomic E-state index is -0.996. The molecule has 0 unspecified atom stereocenters. The third-order valence-electron chi connectivity index (χ3n) is 5.04. The molecule has 0 spiro atoms. The van der Waals surface area contributed by atoms with Gasteiger partial charge < -0.3 is 15.4 Å². The molecule has 7 heteroatoms. The molecule has 0 aliphatic heterocycles. The summed E-state index contributed by atoms with van der Waals surface area (Å²) in [6.07, 6.45) is 5.30. The van der Waals surface area contributed by atoms with Crippen molar-refractivity contribution in [2.75, 3.05) is 5.32 Å². The van der Waals surface area contributed by atoms with Gasteiger partial charge in [0.25, 0.3) is 0 Å². The quantitative estimate of drug-likeness (QED) is 0.292. The number of pyridine rings is 2. The Hall–Kier alpha value is -3.84. The van der Waals surface area contributed by atoms with Crippen LogP contribution in [-0.2, 0) is 0 Å². The van der Waals surface area contributed by atoms with Gasteiger partial charge in [-0.3, -0.25) is 4.98 Å². The Morgan fingerprint density at radius 3 is 2.77 bits per heavy atom. The number of H-pyrrole nitrogens is 1. The lowest BCUT2D eigenvalue weighted by Crippen LogP contribution is -2.03. The second-order valence-electron chi connectivity index (χ2n) is 6.82. The van der Waals surface area contributed by atoms with E-state index in [4.69, 9.17) is 0 Å². The number of benzene rings is 2. The summed E-state index contributed by atoms with van der Waals surface area (Å²) < 4.78 is 0. The Bertz CT molecular complexity index is 1430. The molecule has 0 amide bonds. The number of nitrogens with one attached hydrogen (secondary N) is 2. The van der Waals surface area contributed by atoms with E-state index in [-0.39, 0.29) is 5.56 Å². The third-order valence-corrected chi connectivity index (χ3v) is 5.38. The topological polar surface area (TPSA) is 90.9 Å². The first-order chi connectivity index (χ1) is 14.6. The summed E-state index contributed by atoms with van der Waals surface area (Å²) in [6.45, 7) is 0. The normalized spacial score (nSPS) is 11.1. The van der Waals surface area contributed by atoms with Gasteiger partial charge in [0.2, 0.25) is 0 Å². The monoisotopic (exact) mass is 412 g/mol. The zero-order chi connectivity index (χ0) is 20.7. The lowest BCUT2D eigenvalue weighted by Gasteiger charge is -2.15. The summed E-state index contributed by atoms with van der Waals surface area (Å²) in [5.41, 5.74) is 5.05. The molecule has 0 aliphatic carbocycles. The molecule has 3 aromatic heterocycles. The van der Waals surface area contributed by atoms with Crippen molar-refractivity contribution in [3.05, 3.63) is 78.8 Å². The first-order valence-corrected chi connectivity index (χ1v) is 9.70. The van der Waals surface area contributed by atoms with Crippen LogP contribution in [0.15, 0.2) is 78.1 Å². The van der Waals surface area contributed by atoms with E-state index in [1.54, 1.807) is 36.7 Å². The van der Waals surface area contributed by atoms with Gasteiger partial charge >= 0.3 is 5.97 Å². The summed E-state index contributed by atoms with van der Waals surface area (Å²) in [5.74, 6) is -0.996. The van der Waals surface area contributed by atoms with Crippen LogP contribution in [0.4, 0.5) is 11.4 Å². The number of hydrogen-bond acceptors (Lipinski definition) is 5. The number of carbonyl (C=O) groups is 1. The lowest BCUT2D eigenvalue weighted by molar-refractivity contribution is 0.0698. The molecule has 5 aromatic rings. The number of carboxylic acid groups (broad SMARTS) is 1. The van der Waals surface area contributed by atoms with Crippen LogP contribution in [-0.4, -0.2) is 26.0 Å².